The molecule has 0 amide bonds. The number of rotatable bonds is 3. The van der Waals surface area contributed by atoms with E-state index >= 15 is 0 Å². The zero-order valence-corrected chi connectivity index (χ0v) is 9.50. The molecule has 3 rings (SSSR count). The Morgan fingerprint density at radius 3 is 2.93 bits per heavy atom. The van der Waals surface area contributed by atoms with E-state index in [1.807, 2.05) is 6.07 Å². The van der Waals surface area contributed by atoms with E-state index in [0.29, 0.717) is 5.92 Å². The second-order valence-electron chi connectivity index (χ2n) is 3.70. The smallest absolute Gasteiger partial charge is 0.153 e. The number of halogens is 1. The van der Waals surface area contributed by atoms with Crippen LogP contribution in [0, 0.1) is 0 Å². The molecule has 78 valence electrons. The first kappa shape index (κ1) is 8.96. The maximum atomic E-state index is 4.19. The van der Waals surface area contributed by atoms with Crippen LogP contribution in [0.1, 0.15) is 24.5 Å². The quantitative estimate of drug-likeness (QED) is 0.801. The summed E-state index contributed by atoms with van der Waals surface area (Å²) < 4.78 is 0.901. The summed E-state index contributed by atoms with van der Waals surface area (Å²) >= 11 is 3.38. The number of hydrogen-bond donors (Lipinski definition) is 3. The second kappa shape index (κ2) is 3.37. The monoisotopic (exact) mass is 267 g/mol. The van der Waals surface area contributed by atoms with Crippen LogP contribution in [0.3, 0.4) is 0 Å². The second-order valence-corrected chi connectivity index (χ2v) is 4.56. The topological polar surface area (TPSA) is 69.4 Å². The fourth-order valence-corrected chi connectivity index (χ4v) is 1.78. The number of nitrogens with one attached hydrogen (secondary N) is 3. The van der Waals surface area contributed by atoms with E-state index in [4.69, 9.17) is 0 Å². The van der Waals surface area contributed by atoms with Gasteiger partial charge in [-0.1, -0.05) is 0 Å². The number of aromatic amines is 2. The molecule has 5 nitrogen and oxygen atoms in total. The van der Waals surface area contributed by atoms with Crippen molar-refractivity contribution in [2.75, 3.05) is 5.32 Å². The van der Waals surface area contributed by atoms with Crippen molar-refractivity contribution in [1.29, 1.82) is 0 Å². The number of hydrogen-bond acceptors (Lipinski definition) is 3. The Morgan fingerprint density at radius 1 is 1.40 bits per heavy atom. The van der Waals surface area contributed by atoms with Crippen LogP contribution in [0.5, 0.6) is 0 Å². The molecule has 6 heteroatoms. The minimum atomic E-state index is 0.693. The van der Waals surface area contributed by atoms with Crippen LogP contribution in [0.15, 0.2) is 16.7 Å². The van der Waals surface area contributed by atoms with E-state index in [0.717, 1.165) is 16.1 Å². The molecule has 0 bridgehead atoms. The summed E-state index contributed by atoms with van der Waals surface area (Å²) in [5, 5.41) is 17.1. The number of anilines is 2. The predicted molar refractivity (Wildman–Crippen MR) is 60.1 cm³/mol. The molecule has 1 aliphatic carbocycles. The van der Waals surface area contributed by atoms with Gasteiger partial charge in [-0.3, -0.25) is 10.2 Å². The highest BCUT2D eigenvalue weighted by Crippen LogP contribution is 2.39. The third kappa shape index (κ3) is 1.77. The lowest BCUT2D eigenvalue weighted by Crippen LogP contribution is -1.91. The van der Waals surface area contributed by atoms with E-state index in [2.05, 4.69) is 41.6 Å². The van der Waals surface area contributed by atoms with E-state index in [-0.39, 0.29) is 0 Å². The first-order valence-electron chi connectivity index (χ1n) is 4.84. The van der Waals surface area contributed by atoms with Crippen molar-refractivity contribution in [2.45, 2.75) is 18.8 Å². The molecule has 1 saturated carbocycles. The fraction of sp³-hybridized carbons (Fsp3) is 0.333. The minimum absolute atomic E-state index is 0.693. The zero-order chi connectivity index (χ0) is 10.3. The average Bonchev–Trinajstić information content (AvgIpc) is 2.86. The van der Waals surface area contributed by atoms with Gasteiger partial charge in [0.2, 0.25) is 0 Å². The summed E-state index contributed by atoms with van der Waals surface area (Å²) in [6.07, 6.45) is 4.25. The summed E-state index contributed by atoms with van der Waals surface area (Å²) in [5.74, 6) is 2.34. The van der Waals surface area contributed by atoms with Gasteiger partial charge in [-0.25, -0.2) is 0 Å². The Bertz CT molecular complexity index is 470. The Hall–Kier alpha value is -1.30. The predicted octanol–water partition coefficient (Wildman–Crippen LogP) is 2.52. The van der Waals surface area contributed by atoms with Crippen LogP contribution in [-0.2, 0) is 0 Å². The molecule has 0 aromatic carbocycles. The first-order chi connectivity index (χ1) is 7.33. The lowest BCUT2D eigenvalue weighted by molar-refractivity contribution is 0.966. The van der Waals surface area contributed by atoms with E-state index in [9.17, 15) is 0 Å². The Kier molecular flexibility index (Phi) is 2.02. The van der Waals surface area contributed by atoms with Crippen molar-refractivity contribution in [3.8, 4) is 0 Å². The van der Waals surface area contributed by atoms with Crippen LogP contribution in [0.25, 0.3) is 0 Å². The Labute approximate surface area is 94.8 Å². The third-order valence-corrected chi connectivity index (χ3v) is 3.06. The highest BCUT2D eigenvalue weighted by Gasteiger charge is 2.25. The molecule has 0 saturated heterocycles. The maximum absolute atomic E-state index is 4.19. The summed E-state index contributed by atoms with van der Waals surface area (Å²) in [5.41, 5.74) is 1.22. The molecule has 2 aromatic heterocycles. The molecule has 1 fully saturated rings. The van der Waals surface area contributed by atoms with Gasteiger partial charge < -0.3 is 5.32 Å². The molecular formula is C9H10BrN5. The molecule has 3 N–H and O–H groups in total. The SMILES string of the molecule is Brc1cn[nH]c1Nc1cc(C2CC2)[nH]n1. The van der Waals surface area contributed by atoms with Gasteiger partial charge in [0, 0.05) is 17.7 Å². The van der Waals surface area contributed by atoms with Crippen LogP contribution in [-0.4, -0.2) is 20.4 Å². The van der Waals surface area contributed by atoms with Gasteiger partial charge in [-0.05, 0) is 28.8 Å². The van der Waals surface area contributed by atoms with Gasteiger partial charge in [-0.15, -0.1) is 0 Å². The summed E-state index contributed by atoms with van der Waals surface area (Å²) in [6.45, 7) is 0. The van der Waals surface area contributed by atoms with Crippen LogP contribution in [0.2, 0.25) is 0 Å². The Morgan fingerprint density at radius 2 is 2.27 bits per heavy atom. The van der Waals surface area contributed by atoms with E-state index in [1.54, 1.807) is 6.20 Å². The number of nitrogens with zero attached hydrogens (tertiary/aromatic N) is 2. The maximum Gasteiger partial charge on any atom is 0.153 e. The normalized spacial score (nSPS) is 15.5. The molecular weight excluding hydrogens is 258 g/mol. The van der Waals surface area contributed by atoms with Gasteiger partial charge >= 0.3 is 0 Å². The number of H-pyrrole nitrogens is 2. The van der Waals surface area contributed by atoms with E-state index in [1.165, 1.54) is 18.5 Å². The first-order valence-corrected chi connectivity index (χ1v) is 5.63. The van der Waals surface area contributed by atoms with Gasteiger partial charge in [0.25, 0.3) is 0 Å². The number of aromatic nitrogens is 4. The van der Waals surface area contributed by atoms with Gasteiger partial charge in [-0.2, -0.15) is 10.2 Å². The van der Waals surface area contributed by atoms with Gasteiger partial charge in [0.1, 0.15) is 5.82 Å². The lowest BCUT2D eigenvalue weighted by Gasteiger charge is -1.97. The molecule has 1 aliphatic rings. The summed E-state index contributed by atoms with van der Waals surface area (Å²) in [4.78, 5) is 0. The van der Waals surface area contributed by atoms with Crippen molar-refractivity contribution in [2.24, 2.45) is 0 Å². The summed E-state index contributed by atoms with van der Waals surface area (Å²) in [7, 11) is 0. The van der Waals surface area contributed by atoms with Gasteiger partial charge in [0.15, 0.2) is 5.82 Å². The van der Waals surface area contributed by atoms with Crippen molar-refractivity contribution in [1.82, 2.24) is 20.4 Å². The molecule has 0 atom stereocenters. The largest absolute Gasteiger partial charge is 0.323 e. The fourth-order valence-electron chi connectivity index (χ4n) is 1.49. The van der Waals surface area contributed by atoms with Crippen LogP contribution >= 0.6 is 15.9 Å². The van der Waals surface area contributed by atoms with Crippen molar-refractivity contribution in [3.05, 3.63) is 22.4 Å². The molecule has 2 aromatic rings. The van der Waals surface area contributed by atoms with Gasteiger partial charge in [0.05, 0.1) is 10.7 Å². The lowest BCUT2D eigenvalue weighted by atomic mass is 10.3. The molecule has 2 heterocycles. The standard InChI is InChI=1S/C9H10BrN5/c10-6-4-11-15-9(6)12-8-3-7(13-14-8)5-1-2-5/h3-5H,1-2H2,(H3,11,12,13,14,15). The minimum Gasteiger partial charge on any atom is -0.323 e. The molecule has 0 radical (unpaired) electrons. The van der Waals surface area contributed by atoms with Crippen LogP contribution in [0.4, 0.5) is 11.6 Å². The molecule has 0 spiro atoms. The van der Waals surface area contributed by atoms with Crippen molar-refractivity contribution in [3.63, 3.8) is 0 Å². The zero-order valence-electron chi connectivity index (χ0n) is 7.92. The molecule has 0 unspecified atom stereocenters. The Balaban J connectivity index is 1.79. The van der Waals surface area contributed by atoms with Crippen molar-refractivity contribution >= 4 is 27.6 Å². The van der Waals surface area contributed by atoms with Crippen LogP contribution < -0.4 is 5.32 Å². The molecule has 15 heavy (non-hydrogen) atoms. The highest BCUT2D eigenvalue weighted by atomic mass is 79.9. The molecule has 0 aliphatic heterocycles. The van der Waals surface area contributed by atoms with E-state index < -0.39 is 0 Å². The average molecular weight is 268 g/mol. The highest BCUT2D eigenvalue weighted by molar-refractivity contribution is 9.10. The summed E-state index contributed by atoms with van der Waals surface area (Å²) in [6, 6.07) is 2.05. The van der Waals surface area contributed by atoms with Crippen molar-refractivity contribution < 1.29 is 0 Å². The third-order valence-electron chi connectivity index (χ3n) is 2.46.